The molecule has 12 rings (SSSR count). The quantitative estimate of drug-likeness (QED) is 0.141. The van der Waals surface area contributed by atoms with Gasteiger partial charge in [-0.3, -0.25) is 0 Å². The van der Waals surface area contributed by atoms with Crippen molar-refractivity contribution in [3.05, 3.63) is 164 Å². The van der Waals surface area contributed by atoms with Crippen LogP contribution in [0.25, 0.3) is 97.0 Å². The minimum atomic E-state index is 1.15. The van der Waals surface area contributed by atoms with E-state index in [1.54, 1.807) is 0 Å². The third-order valence-electron chi connectivity index (χ3n) is 11.2. The Bertz CT molecular complexity index is 3160. The number of anilines is 3. The normalized spacial score (nSPS) is 12.5. The molecule has 0 spiro atoms. The van der Waals surface area contributed by atoms with E-state index in [2.05, 4.69) is 169 Å². The molecule has 0 bridgehead atoms. The van der Waals surface area contributed by atoms with Crippen molar-refractivity contribution in [1.82, 2.24) is 0 Å². The lowest BCUT2D eigenvalue weighted by Gasteiger charge is -2.28. The van der Waals surface area contributed by atoms with Gasteiger partial charge in [0.15, 0.2) is 0 Å². The summed E-state index contributed by atoms with van der Waals surface area (Å²) in [5, 5.41) is 23.9. The Morgan fingerprint density at radius 3 is 1.14 bits per heavy atom. The van der Waals surface area contributed by atoms with Gasteiger partial charge in [-0.25, -0.2) is 0 Å². The molecule has 0 unspecified atom stereocenters. The summed E-state index contributed by atoms with van der Waals surface area (Å²) < 4.78 is 0. The van der Waals surface area contributed by atoms with Crippen LogP contribution in [0, 0.1) is 0 Å². The average molecular weight is 618 g/mol. The number of hydrogen-bond donors (Lipinski definition) is 0. The zero-order valence-corrected chi connectivity index (χ0v) is 26.5. The molecule has 0 heterocycles. The molecule has 0 fully saturated rings. The van der Waals surface area contributed by atoms with E-state index in [4.69, 9.17) is 0 Å². The zero-order valence-electron chi connectivity index (χ0n) is 26.5. The second kappa shape index (κ2) is 9.13. The van der Waals surface area contributed by atoms with Crippen molar-refractivity contribution in [3.8, 4) is 0 Å². The van der Waals surface area contributed by atoms with E-state index in [1.165, 1.54) is 103 Å². The Balaban J connectivity index is 1.37. The SMILES string of the molecule is c1ccc(N(c2ccccc2)c2c3c(cc4c5ccc6c7cccc8cccc(c9ccc(c24)c5c69)c87)c2cccc4cccc3c42)cc1. The molecule has 0 amide bonds. The summed E-state index contributed by atoms with van der Waals surface area (Å²) in [7, 11) is 0. The lowest BCUT2D eigenvalue weighted by Crippen LogP contribution is -2.10. The van der Waals surface area contributed by atoms with Crippen molar-refractivity contribution in [2.75, 3.05) is 4.90 Å². The van der Waals surface area contributed by atoms with E-state index in [0.29, 0.717) is 0 Å². The summed E-state index contributed by atoms with van der Waals surface area (Å²) >= 11 is 0. The molecule has 0 aliphatic rings. The zero-order chi connectivity index (χ0) is 31.8. The fourth-order valence-corrected chi connectivity index (χ4v) is 9.36. The highest BCUT2D eigenvalue weighted by Gasteiger charge is 2.27. The number of rotatable bonds is 3. The molecule has 0 saturated carbocycles. The molecule has 0 aliphatic heterocycles. The number of para-hydroxylation sites is 2. The Morgan fingerprint density at radius 1 is 0.245 bits per heavy atom. The Kier molecular flexibility index (Phi) is 4.77. The fraction of sp³-hybridized carbons (Fsp3) is 0. The molecule has 1 nitrogen and oxygen atoms in total. The van der Waals surface area contributed by atoms with Gasteiger partial charge in [0.25, 0.3) is 0 Å². The van der Waals surface area contributed by atoms with Gasteiger partial charge in [0, 0.05) is 22.1 Å². The third-order valence-corrected chi connectivity index (χ3v) is 11.2. The van der Waals surface area contributed by atoms with Crippen LogP contribution >= 0.6 is 0 Å². The van der Waals surface area contributed by atoms with Gasteiger partial charge in [0.2, 0.25) is 0 Å². The van der Waals surface area contributed by atoms with Crippen molar-refractivity contribution in [2.24, 2.45) is 0 Å². The number of benzene rings is 10. The summed E-state index contributed by atoms with van der Waals surface area (Å²) in [6.07, 6.45) is 0. The van der Waals surface area contributed by atoms with Gasteiger partial charge in [0.1, 0.15) is 0 Å². The highest BCUT2D eigenvalue weighted by atomic mass is 15.1. The Labute approximate surface area is 281 Å². The maximum Gasteiger partial charge on any atom is 0.0631 e. The van der Waals surface area contributed by atoms with Crippen molar-refractivity contribution in [2.45, 2.75) is 0 Å². The first-order valence-corrected chi connectivity index (χ1v) is 17.1. The molecule has 0 aromatic heterocycles. The molecule has 0 saturated heterocycles. The summed E-state index contributed by atoms with van der Waals surface area (Å²) in [6.45, 7) is 0. The van der Waals surface area contributed by atoms with Crippen LogP contribution in [0.3, 0.4) is 0 Å². The van der Waals surface area contributed by atoms with Crippen LogP contribution in [0.5, 0.6) is 0 Å². The molecule has 224 valence electrons. The Hall–Kier alpha value is -6.44. The van der Waals surface area contributed by atoms with E-state index < -0.39 is 0 Å². The van der Waals surface area contributed by atoms with Crippen LogP contribution in [-0.2, 0) is 0 Å². The highest BCUT2D eigenvalue weighted by molar-refractivity contribution is 6.46. The monoisotopic (exact) mass is 617 g/mol. The van der Waals surface area contributed by atoms with Gasteiger partial charge in [-0.15, -0.1) is 0 Å². The number of fused-ring (bicyclic) bond motifs is 8. The van der Waals surface area contributed by atoms with Gasteiger partial charge >= 0.3 is 0 Å². The summed E-state index contributed by atoms with van der Waals surface area (Å²) in [6, 6.07) is 61.1. The van der Waals surface area contributed by atoms with E-state index in [9.17, 15) is 0 Å². The van der Waals surface area contributed by atoms with Crippen LogP contribution in [0.4, 0.5) is 17.1 Å². The van der Waals surface area contributed by atoms with Crippen LogP contribution < -0.4 is 4.90 Å². The van der Waals surface area contributed by atoms with Gasteiger partial charge in [0.05, 0.1) is 5.69 Å². The van der Waals surface area contributed by atoms with E-state index in [1.807, 2.05) is 0 Å². The van der Waals surface area contributed by atoms with E-state index in [-0.39, 0.29) is 0 Å². The molecule has 0 radical (unpaired) electrons. The first-order valence-electron chi connectivity index (χ1n) is 17.1. The maximum atomic E-state index is 2.51. The summed E-state index contributed by atoms with van der Waals surface area (Å²) in [4.78, 5) is 2.51. The van der Waals surface area contributed by atoms with Crippen molar-refractivity contribution >= 4 is 114 Å². The molecule has 1 heteroatoms. The van der Waals surface area contributed by atoms with Crippen molar-refractivity contribution < 1.29 is 0 Å². The predicted molar refractivity (Wildman–Crippen MR) is 212 cm³/mol. The standard InChI is InChI=1S/C48H27N/c1-3-15-30(16-4-1)49(31-17-5-2-6-18-31)48-46-38-22-10-14-29-13-9-21-34(43(29)38)40(46)27-41-37-24-23-35-32-19-7-11-28-12-8-20-33(42(28)32)36-25-26-39(47(41)48)45(37)44(35)36/h1-27H. The number of hydrogen-bond acceptors (Lipinski definition) is 1. The second-order valence-electron chi connectivity index (χ2n) is 13.6. The van der Waals surface area contributed by atoms with Crippen LogP contribution in [0.2, 0.25) is 0 Å². The predicted octanol–water partition coefficient (Wildman–Crippen LogP) is 13.8. The maximum absolute atomic E-state index is 2.51. The summed E-state index contributed by atoms with van der Waals surface area (Å²) in [5.41, 5.74) is 3.55. The molecule has 0 aliphatic carbocycles. The molecular weight excluding hydrogens is 591 g/mol. The Morgan fingerprint density at radius 2 is 0.612 bits per heavy atom. The lowest BCUT2D eigenvalue weighted by atomic mass is 9.89. The molecule has 12 aromatic rings. The van der Waals surface area contributed by atoms with Crippen LogP contribution in [-0.4, -0.2) is 0 Å². The summed E-state index contributed by atoms with van der Waals surface area (Å²) in [5.74, 6) is 0. The molecule has 0 N–H and O–H groups in total. The van der Waals surface area contributed by atoms with E-state index in [0.717, 1.165) is 11.4 Å². The van der Waals surface area contributed by atoms with Crippen molar-refractivity contribution in [3.63, 3.8) is 0 Å². The van der Waals surface area contributed by atoms with Crippen LogP contribution in [0.15, 0.2) is 164 Å². The first-order chi connectivity index (χ1) is 24.3. The van der Waals surface area contributed by atoms with Crippen molar-refractivity contribution in [1.29, 1.82) is 0 Å². The van der Waals surface area contributed by atoms with Gasteiger partial charge in [-0.05, 0) is 117 Å². The smallest absolute Gasteiger partial charge is 0.0631 e. The average Bonchev–Trinajstić information content (AvgIpc) is 3.67. The largest absolute Gasteiger partial charge is 0.309 e. The third kappa shape index (κ3) is 3.16. The second-order valence-corrected chi connectivity index (χ2v) is 13.6. The minimum absolute atomic E-state index is 1.15. The van der Waals surface area contributed by atoms with E-state index >= 15 is 0 Å². The topological polar surface area (TPSA) is 3.24 Å². The fourth-order valence-electron chi connectivity index (χ4n) is 9.36. The molecule has 49 heavy (non-hydrogen) atoms. The molecule has 12 aromatic carbocycles. The molecule has 0 atom stereocenters. The van der Waals surface area contributed by atoms with Gasteiger partial charge in [-0.2, -0.15) is 0 Å². The van der Waals surface area contributed by atoms with Crippen LogP contribution in [0.1, 0.15) is 0 Å². The first kappa shape index (κ1) is 25.6. The van der Waals surface area contributed by atoms with Gasteiger partial charge < -0.3 is 4.90 Å². The lowest BCUT2D eigenvalue weighted by molar-refractivity contribution is 1.31. The van der Waals surface area contributed by atoms with Gasteiger partial charge in [-0.1, -0.05) is 133 Å². The minimum Gasteiger partial charge on any atom is -0.309 e. The number of nitrogens with zero attached hydrogens (tertiary/aromatic N) is 1. The highest BCUT2D eigenvalue weighted by Crippen LogP contribution is 2.55. The molecular formula is C48H27N.